The molecule has 3 aliphatic heterocycles. The van der Waals surface area contributed by atoms with Gasteiger partial charge in [-0.1, -0.05) is 0 Å². The second-order valence-corrected chi connectivity index (χ2v) is 3.19. The van der Waals surface area contributed by atoms with Gasteiger partial charge < -0.3 is 10.1 Å². The van der Waals surface area contributed by atoms with E-state index in [2.05, 4.69) is 15.8 Å². The molecule has 11 heavy (non-hydrogen) atoms. The van der Waals surface area contributed by atoms with Crippen LogP contribution in [0.2, 0.25) is 0 Å². The maximum absolute atomic E-state index is 5.59. The fraction of sp³-hybridized carbons (Fsp3) is 1.00. The van der Waals surface area contributed by atoms with Crippen molar-refractivity contribution in [3.63, 3.8) is 0 Å². The first-order valence-corrected chi connectivity index (χ1v) is 4.16. The average molecular weight is 157 g/mol. The predicted octanol–water partition coefficient (Wildman–Crippen LogP) is -1.21. The highest BCUT2D eigenvalue weighted by molar-refractivity contribution is 4.84. The number of ether oxygens (including phenoxy) is 1. The minimum absolute atomic E-state index is 0.376. The van der Waals surface area contributed by atoms with Gasteiger partial charge >= 0.3 is 0 Å². The zero-order valence-corrected chi connectivity index (χ0v) is 6.84. The van der Waals surface area contributed by atoms with Crippen LogP contribution in [-0.4, -0.2) is 50.4 Å². The zero-order valence-electron chi connectivity index (χ0n) is 6.84. The second kappa shape index (κ2) is 3.06. The summed E-state index contributed by atoms with van der Waals surface area (Å²) in [4.78, 5) is 0. The molecule has 0 amide bonds. The molecule has 3 saturated heterocycles. The van der Waals surface area contributed by atoms with Gasteiger partial charge in [0.25, 0.3) is 0 Å². The van der Waals surface area contributed by atoms with Crippen LogP contribution in [-0.2, 0) is 4.74 Å². The third-order valence-electron chi connectivity index (χ3n) is 2.35. The van der Waals surface area contributed by atoms with Crippen molar-refractivity contribution in [1.29, 1.82) is 0 Å². The van der Waals surface area contributed by atoms with E-state index in [1.54, 1.807) is 0 Å². The molecule has 3 aliphatic rings. The van der Waals surface area contributed by atoms with E-state index in [4.69, 9.17) is 4.74 Å². The fourth-order valence-electron chi connectivity index (χ4n) is 1.67. The summed E-state index contributed by atoms with van der Waals surface area (Å²) in [7, 11) is 1.96. The Kier molecular flexibility index (Phi) is 2.09. The molecule has 2 N–H and O–H groups in total. The van der Waals surface area contributed by atoms with E-state index in [1.165, 1.54) is 0 Å². The molecular formula is C7H15N3O. The van der Waals surface area contributed by atoms with Crippen LogP contribution in [0, 0.1) is 0 Å². The van der Waals surface area contributed by atoms with Crippen LogP contribution in [0.15, 0.2) is 0 Å². The summed E-state index contributed by atoms with van der Waals surface area (Å²) in [6, 6.07) is 0.515. The van der Waals surface area contributed by atoms with Gasteiger partial charge in [-0.25, -0.2) is 5.01 Å². The van der Waals surface area contributed by atoms with Crippen molar-refractivity contribution in [3.8, 4) is 0 Å². The zero-order chi connectivity index (χ0) is 7.68. The van der Waals surface area contributed by atoms with Crippen LogP contribution in [0.5, 0.6) is 0 Å². The fourth-order valence-corrected chi connectivity index (χ4v) is 1.67. The van der Waals surface area contributed by atoms with Crippen LogP contribution in [0.3, 0.4) is 0 Å². The van der Waals surface area contributed by atoms with Gasteiger partial charge in [-0.05, 0) is 7.05 Å². The number of hydrogen-bond donors (Lipinski definition) is 2. The monoisotopic (exact) mass is 157 g/mol. The average Bonchev–Trinajstić information content (AvgIpc) is 2.35. The Bertz CT molecular complexity index is 120. The van der Waals surface area contributed by atoms with E-state index in [9.17, 15) is 0 Å². The van der Waals surface area contributed by atoms with Crippen LogP contribution in [0.1, 0.15) is 0 Å². The van der Waals surface area contributed by atoms with Gasteiger partial charge in [-0.2, -0.15) is 0 Å². The lowest BCUT2D eigenvalue weighted by atomic mass is 10.2. The molecule has 0 aromatic rings. The van der Waals surface area contributed by atoms with E-state index < -0.39 is 0 Å². The number of nitrogens with zero attached hydrogens (tertiary/aromatic N) is 1. The normalized spacial score (nSPS) is 39.0. The first kappa shape index (κ1) is 7.49. The first-order valence-electron chi connectivity index (χ1n) is 4.16. The van der Waals surface area contributed by atoms with Gasteiger partial charge in [-0.3, -0.25) is 5.43 Å². The lowest BCUT2D eigenvalue weighted by molar-refractivity contribution is 0.0190. The molecule has 4 nitrogen and oxygen atoms in total. The molecule has 3 heterocycles. The van der Waals surface area contributed by atoms with E-state index in [0.717, 1.165) is 26.2 Å². The van der Waals surface area contributed by atoms with Crippen molar-refractivity contribution >= 4 is 0 Å². The highest BCUT2D eigenvalue weighted by Crippen LogP contribution is 2.08. The second-order valence-electron chi connectivity index (χ2n) is 3.19. The quantitative estimate of drug-likeness (QED) is 0.501. The molecule has 0 radical (unpaired) electrons. The van der Waals surface area contributed by atoms with Gasteiger partial charge in [-0.15, -0.1) is 0 Å². The Morgan fingerprint density at radius 2 is 2.45 bits per heavy atom. The molecule has 0 spiro atoms. The molecule has 2 atom stereocenters. The Hall–Kier alpha value is -0.160. The van der Waals surface area contributed by atoms with Gasteiger partial charge in [0, 0.05) is 25.7 Å². The van der Waals surface area contributed by atoms with Crippen molar-refractivity contribution < 1.29 is 4.74 Å². The van der Waals surface area contributed by atoms with Crippen LogP contribution >= 0.6 is 0 Å². The Morgan fingerprint density at radius 1 is 1.55 bits per heavy atom. The minimum atomic E-state index is 0.376. The van der Waals surface area contributed by atoms with Gasteiger partial charge in [0.2, 0.25) is 0 Å². The summed E-state index contributed by atoms with van der Waals surface area (Å²) in [5, 5.41) is 5.65. The summed E-state index contributed by atoms with van der Waals surface area (Å²) in [5.74, 6) is 0. The van der Waals surface area contributed by atoms with Crippen molar-refractivity contribution in [2.24, 2.45) is 0 Å². The largest absolute Gasteiger partial charge is 0.374 e. The summed E-state index contributed by atoms with van der Waals surface area (Å²) < 4.78 is 5.59. The molecule has 0 saturated carbocycles. The van der Waals surface area contributed by atoms with Crippen molar-refractivity contribution in [2.45, 2.75) is 12.1 Å². The highest BCUT2D eigenvalue weighted by atomic mass is 16.5. The molecule has 64 valence electrons. The van der Waals surface area contributed by atoms with E-state index >= 15 is 0 Å². The molecule has 4 heteroatoms. The summed E-state index contributed by atoms with van der Waals surface area (Å²) in [6.07, 6.45) is 0.376. The molecule has 0 aliphatic carbocycles. The molecule has 2 bridgehead atoms. The molecule has 0 aromatic heterocycles. The number of hydrazine groups is 1. The van der Waals surface area contributed by atoms with E-state index in [-0.39, 0.29) is 0 Å². The van der Waals surface area contributed by atoms with Crippen LogP contribution in [0.25, 0.3) is 0 Å². The number of hydrogen-bond acceptors (Lipinski definition) is 4. The van der Waals surface area contributed by atoms with Gasteiger partial charge in [0.1, 0.15) is 0 Å². The van der Waals surface area contributed by atoms with E-state index in [1.807, 2.05) is 7.05 Å². The number of fused-ring (bicyclic) bond motifs is 4. The molecule has 2 unspecified atom stereocenters. The Morgan fingerprint density at radius 3 is 3.09 bits per heavy atom. The SMILES string of the molecule is CNN1CC2COC(CN2)C1. The predicted molar refractivity (Wildman–Crippen MR) is 42.2 cm³/mol. The molecule has 3 fully saturated rings. The smallest absolute Gasteiger partial charge is 0.0841 e. The van der Waals surface area contributed by atoms with Gasteiger partial charge in [0.05, 0.1) is 12.7 Å². The Labute approximate surface area is 66.9 Å². The highest BCUT2D eigenvalue weighted by Gasteiger charge is 2.28. The van der Waals surface area contributed by atoms with E-state index in [0.29, 0.717) is 12.1 Å². The number of rotatable bonds is 1. The van der Waals surface area contributed by atoms with Gasteiger partial charge in [0.15, 0.2) is 0 Å². The molecule has 0 aromatic carbocycles. The lowest BCUT2D eigenvalue weighted by Gasteiger charge is -2.23. The third-order valence-corrected chi connectivity index (χ3v) is 2.35. The molecular weight excluding hydrogens is 142 g/mol. The maximum Gasteiger partial charge on any atom is 0.0841 e. The Balaban J connectivity index is 2.00. The van der Waals surface area contributed by atoms with Crippen LogP contribution < -0.4 is 10.7 Å². The van der Waals surface area contributed by atoms with Crippen molar-refractivity contribution in [3.05, 3.63) is 0 Å². The maximum atomic E-state index is 5.59. The summed E-state index contributed by atoms with van der Waals surface area (Å²) in [5.41, 5.74) is 3.16. The third kappa shape index (κ3) is 1.54. The summed E-state index contributed by atoms with van der Waals surface area (Å²) >= 11 is 0. The topological polar surface area (TPSA) is 36.5 Å². The number of nitrogens with one attached hydrogen (secondary N) is 2. The number of morpholine rings is 1. The van der Waals surface area contributed by atoms with Crippen molar-refractivity contribution in [1.82, 2.24) is 15.8 Å². The summed E-state index contributed by atoms with van der Waals surface area (Å²) in [6.45, 7) is 3.92. The lowest BCUT2D eigenvalue weighted by Crippen LogP contribution is -2.46. The standard InChI is InChI=1S/C7H15N3O/c1-8-10-3-6-5-11-7(4-10)2-9-6/h6-9H,2-5H2,1H3. The minimum Gasteiger partial charge on any atom is -0.374 e. The molecule has 3 rings (SSSR count). The first-order chi connectivity index (χ1) is 5.38. The van der Waals surface area contributed by atoms with Crippen molar-refractivity contribution in [2.75, 3.05) is 33.3 Å². The van der Waals surface area contributed by atoms with Crippen LogP contribution in [0.4, 0.5) is 0 Å².